The van der Waals surface area contributed by atoms with Gasteiger partial charge in [0.25, 0.3) is 0 Å². The van der Waals surface area contributed by atoms with E-state index in [1.165, 1.54) is 16.7 Å². The molecular weight excluding hydrogens is 262 g/mol. The highest BCUT2D eigenvalue weighted by Crippen LogP contribution is 2.27. The van der Waals surface area contributed by atoms with Crippen LogP contribution in [-0.4, -0.2) is 20.5 Å². The molecule has 0 aliphatic rings. The Labute approximate surface area is 105 Å². The third-order valence-corrected chi connectivity index (χ3v) is 4.28. The summed E-state index contributed by atoms with van der Waals surface area (Å²) >= 11 is 1.20. The van der Waals surface area contributed by atoms with Crippen LogP contribution in [0.4, 0.5) is 0 Å². The fourth-order valence-electron chi connectivity index (χ4n) is 1.36. The van der Waals surface area contributed by atoms with Crippen molar-refractivity contribution in [3.05, 3.63) is 15.8 Å². The van der Waals surface area contributed by atoms with Crippen LogP contribution in [0.3, 0.4) is 0 Å². The molecule has 0 unspecified atom stereocenters. The topological polar surface area (TPSA) is 86.5 Å². The molecule has 0 saturated carbocycles. The molecule has 1 rings (SSSR count). The molecule has 0 radical (unpaired) electrons. The zero-order chi connectivity index (χ0) is 13.2. The molecule has 0 spiro atoms. The van der Waals surface area contributed by atoms with E-state index in [9.17, 15) is 13.2 Å². The van der Waals surface area contributed by atoms with Crippen LogP contribution >= 0.6 is 11.3 Å². The number of aryl methyl sites for hydroxylation is 1. The van der Waals surface area contributed by atoms with Gasteiger partial charge in [-0.1, -0.05) is 6.92 Å². The summed E-state index contributed by atoms with van der Waals surface area (Å²) in [5, 5.41) is 6.59. The number of nitrogens with two attached hydrogens (primary N) is 1. The van der Waals surface area contributed by atoms with Gasteiger partial charge in [-0.25, -0.2) is 18.4 Å². The zero-order valence-corrected chi connectivity index (χ0v) is 11.5. The van der Waals surface area contributed by atoms with Crippen LogP contribution in [0, 0.1) is 0 Å². The van der Waals surface area contributed by atoms with E-state index < -0.39 is 16.0 Å². The molecule has 2 N–H and O–H groups in total. The lowest BCUT2D eigenvalue weighted by molar-refractivity contribution is 0.0374. The summed E-state index contributed by atoms with van der Waals surface area (Å²) in [6.45, 7) is 5.20. The lowest BCUT2D eigenvalue weighted by Crippen LogP contribution is -2.19. The predicted octanol–water partition coefficient (Wildman–Crippen LogP) is 1.52. The summed E-state index contributed by atoms with van der Waals surface area (Å²) in [6, 6.07) is 0. The minimum absolute atomic E-state index is 0.0306. The number of thiophene rings is 1. The first-order valence-corrected chi connectivity index (χ1v) is 7.54. The molecule has 0 fully saturated rings. The van der Waals surface area contributed by atoms with E-state index in [1.54, 1.807) is 20.8 Å². The second-order valence-electron chi connectivity index (χ2n) is 3.75. The average molecular weight is 277 g/mol. The van der Waals surface area contributed by atoms with Crippen molar-refractivity contribution in [1.82, 2.24) is 0 Å². The molecule has 1 aromatic rings. The minimum Gasteiger partial charge on any atom is -0.459 e. The van der Waals surface area contributed by atoms with Crippen LogP contribution in [-0.2, 0) is 21.2 Å². The molecule has 1 aromatic heterocycles. The third kappa shape index (κ3) is 3.27. The Morgan fingerprint density at radius 3 is 2.53 bits per heavy atom. The normalized spacial score (nSPS) is 11.8. The number of sulfonamides is 1. The summed E-state index contributed by atoms with van der Waals surface area (Å²) in [6.07, 6.45) is 0.201. The van der Waals surface area contributed by atoms with Gasteiger partial charge in [0.2, 0.25) is 10.0 Å². The standard InChI is InChI=1S/C10H15NO4S2/c1-4-8-9(17(11,13)14)7(5-16-8)10(12)15-6(2)3/h5-6H,4H2,1-3H3,(H2,11,13,14). The number of esters is 1. The Bertz CT molecular complexity index is 516. The maximum Gasteiger partial charge on any atom is 0.340 e. The zero-order valence-electron chi connectivity index (χ0n) is 9.89. The van der Waals surface area contributed by atoms with Crippen LogP contribution in [0.2, 0.25) is 0 Å². The monoisotopic (exact) mass is 277 g/mol. The van der Waals surface area contributed by atoms with Crippen molar-refractivity contribution in [3.63, 3.8) is 0 Å². The molecule has 17 heavy (non-hydrogen) atoms. The van der Waals surface area contributed by atoms with Gasteiger partial charge in [0.1, 0.15) is 4.90 Å². The second kappa shape index (κ2) is 5.16. The van der Waals surface area contributed by atoms with Crippen molar-refractivity contribution in [1.29, 1.82) is 0 Å². The first kappa shape index (κ1) is 14.1. The summed E-state index contributed by atoms with van der Waals surface area (Å²) in [7, 11) is -3.90. The lowest BCUT2D eigenvalue weighted by atomic mass is 10.3. The Balaban J connectivity index is 3.27. The molecule has 1 heterocycles. The molecule has 0 bridgehead atoms. The van der Waals surface area contributed by atoms with Crippen molar-refractivity contribution >= 4 is 27.3 Å². The molecule has 0 aliphatic carbocycles. The average Bonchev–Trinajstić information content (AvgIpc) is 2.58. The molecule has 7 heteroatoms. The van der Waals surface area contributed by atoms with E-state index in [0.717, 1.165) is 0 Å². The quantitative estimate of drug-likeness (QED) is 0.845. The summed E-state index contributed by atoms with van der Waals surface area (Å²) in [5.74, 6) is -0.653. The van der Waals surface area contributed by atoms with Crippen molar-refractivity contribution in [2.75, 3.05) is 0 Å². The Hall–Kier alpha value is -0.920. The van der Waals surface area contributed by atoms with E-state index in [1.807, 2.05) is 0 Å². The van der Waals surface area contributed by atoms with Gasteiger partial charge in [0.05, 0.1) is 11.7 Å². The van der Waals surface area contributed by atoms with E-state index in [4.69, 9.17) is 9.88 Å². The number of primary sulfonamides is 1. The highest BCUT2D eigenvalue weighted by atomic mass is 32.2. The fraction of sp³-hybridized carbons (Fsp3) is 0.500. The van der Waals surface area contributed by atoms with E-state index in [0.29, 0.717) is 11.3 Å². The lowest BCUT2D eigenvalue weighted by Gasteiger charge is -2.08. The Kier molecular flexibility index (Phi) is 4.29. The van der Waals surface area contributed by atoms with Crippen LogP contribution < -0.4 is 5.14 Å². The molecule has 0 saturated heterocycles. The van der Waals surface area contributed by atoms with Crippen LogP contribution in [0.15, 0.2) is 10.3 Å². The summed E-state index contributed by atoms with van der Waals surface area (Å²) < 4.78 is 27.9. The van der Waals surface area contributed by atoms with Crippen molar-refractivity contribution < 1.29 is 17.9 Å². The number of rotatable bonds is 4. The first-order valence-electron chi connectivity index (χ1n) is 5.11. The van der Waals surface area contributed by atoms with E-state index >= 15 is 0 Å². The van der Waals surface area contributed by atoms with Gasteiger partial charge in [-0.15, -0.1) is 11.3 Å². The molecule has 0 aliphatic heterocycles. The Morgan fingerprint density at radius 1 is 1.53 bits per heavy atom. The molecule has 0 aromatic carbocycles. The predicted molar refractivity (Wildman–Crippen MR) is 65.6 cm³/mol. The Morgan fingerprint density at radius 2 is 2.12 bits per heavy atom. The van der Waals surface area contributed by atoms with Gasteiger partial charge in [0, 0.05) is 10.3 Å². The van der Waals surface area contributed by atoms with E-state index in [2.05, 4.69) is 0 Å². The van der Waals surface area contributed by atoms with Gasteiger partial charge < -0.3 is 4.74 Å². The maximum atomic E-state index is 11.7. The van der Waals surface area contributed by atoms with Gasteiger partial charge in [-0.05, 0) is 20.3 Å². The summed E-state index contributed by atoms with van der Waals surface area (Å²) in [5.41, 5.74) is 0.0306. The number of hydrogen-bond acceptors (Lipinski definition) is 5. The molecule has 0 amide bonds. The SMILES string of the molecule is CCc1scc(C(=O)OC(C)C)c1S(N)(=O)=O. The molecule has 0 atom stereocenters. The highest BCUT2D eigenvalue weighted by molar-refractivity contribution is 7.89. The first-order chi connectivity index (χ1) is 7.77. The fourth-order valence-corrected chi connectivity index (χ4v) is 3.70. The maximum absolute atomic E-state index is 11.7. The van der Waals surface area contributed by atoms with Gasteiger partial charge in [0.15, 0.2) is 0 Å². The molecule has 5 nitrogen and oxygen atoms in total. The van der Waals surface area contributed by atoms with Crippen molar-refractivity contribution in [2.45, 2.75) is 38.2 Å². The largest absolute Gasteiger partial charge is 0.459 e. The number of carbonyl (C=O) groups excluding carboxylic acids is 1. The number of carbonyl (C=O) groups is 1. The molecule has 96 valence electrons. The molecular formula is C10H15NO4S2. The van der Waals surface area contributed by atoms with Crippen molar-refractivity contribution in [2.24, 2.45) is 5.14 Å². The number of hydrogen-bond donors (Lipinski definition) is 1. The third-order valence-electron chi connectivity index (χ3n) is 1.99. The second-order valence-corrected chi connectivity index (χ2v) is 6.22. The van der Waals surface area contributed by atoms with Crippen LogP contribution in [0.5, 0.6) is 0 Å². The van der Waals surface area contributed by atoms with Gasteiger partial charge >= 0.3 is 5.97 Å². The number of ether oxygens (including phenoxy) is 1. The van der Waals surface area contributed by atoms with Crippen LogP contribution in [0.25, 0.3) is 0 Å². The van der Waals surface area contributed by atoms with Gasteiger partial charge in [-0.2, -0.15) is 0 Å². The van der Waals surface area contributed by atoms with Crippen LogP contribution in [0.1, 0.15) is 36.0 Å². The highest BCUT2D eigenvalue weighted by Gasteiger charge is 2.26. The smallest absolute Gasteiger partial charge is 0.340 e. The van der Waals surface area contributed by atoms with Crippen molar-refractivity contribution in [3.8, 4) is 0 Å². The minimum atomic E-state index is -3.90. The summed E-state index contributed by atoms with van der Waals surface area (Å²) in [4.78, 5) is 12.2. The van der Waals surface area contributed by atoms with E-state index in [-0.39, 0.29) is 16.6 Å². The van der Waals surface area contributed by atoms with Gasteiger partial charge in [-0.3, -0.25) is 0 Å².